The fourth-order valence-corrected chi connectivity index (χ4v) is 4.01. The van der Waals surface area contributed by atoms with E-state index in [4.69, 9.17) is 18.7 Å². The number of nitrogens with zero attached hydrogens (tertiary/aromatic N) is 2. The smallest absolute Gasteiger partial charge is 0.248 e. The Morgan fingerprint density at radius 3 is 2.12 bits per heavy atom. The third kappa shape index (κ3) is 7.75. The van der Waals surface area contributed by atoms with Crippen LogP contribution in [-0.2, 0) is 14.4 Å². The molecular weight excluding hydrogens is 516 g/mol. The van der Waals surface area contributed by atoms with E-state index in [1.807, 2.05) is 20.8 Å². The van der Waals surface area contributed by atoms with Gasteiger partial charge in [0.05, 0.1) is 27.0 Å². The highest BCUT2D eigenvalue weighted by Crippen LogP contribution is 2.38. The highest BCUT2D eigenvalue weighted by Gasteiger charge is 2.36. The van der Waals surface area contributed by atoms with Gasteiger partial charge in [-0.05, 0) is 57.5 Å². The molecule has 0 radical (unpaired) electrons. The molecule has 1 heterocycles. The number of benzene rings is 2. The maximum absolute atomic E-state index is 14.0. The molecule has 11 heteroatoms. The van der Waals surface area contributed by atoms with Crippen molar-refractivity contribution in [2.24, 2.45) is 0 Å². The maximum atomic E-state index is 14.0. The lowest BCUT2D eigenvalue weighted by molar-refractivity contribution is -0.128. The van der Waals surface area contributed by atoms with Crippen LogP contribution in [0, 0.1) is 6.92 Å². The number of nitrogens with one attached hydrogen (secondary N) is 2. The van der Waals surface area contributed by atoms with Crippen molar-refractivity contribution in [2.75, 3.05) is 31.5 Å². The van der Waals surface area contributed by atoms with Crippen LogP contribution < -0.4 is 29.7 Å². The predicted molar refractivity (Wildman–Crippen MR) is 150 cm³/mol. The van der Waals surface area contributed by atoms with E-state index >= 15 is 0 Å². The lowest BCUT2D eigenvalue weighted by Crippen LogP contribution is -2.49. The first kappa shape index (κ1) is 30.0. The van der Waals surface area contributed by atoms with Crippen LogP contribution >= 0.6 is 0 Å². The molecule has 3 aromatic rings. The second kappa shape index (κ2) is 13.0. The van der Waals surface area contributed by atoms with Crippen molar-refractivity contribution in [3.8, 4) is 17.2 Å². The second-order valence-electron chi connectivity index (χ2n) is 10.1. The fraction of sp³-hybridized carbons (Fsp3) is 0.379. The Labute approximate surface area is 233 Å². The summed E-state index contributed by atoms with van der Waals surface area (Å²) < 4.78 is 21.2. The Kier molecular flexibility index (Phi) is 9.76. The standard InChI is InChI=1S/C29H36N4O7/c1-18-16-24(32-40-18)30-25(34)14-15-26(35)33(22-13-12-21(38-6)17-23(22)39-7)27(28(36)31-29(2,3)4)19-8-10-20(37-5)11-9-19/h8-13,16-17,27H,14-15H2,1-7H3,(H,31,36)(H,30,32,34)/t27-/m1/s1. The zero-order chi connectivity index (χ0) is 29.4. The van der Waals surface area contributed by atoms with Crippen molar-refractivity contribution in [1.29, 1.82) is 0 Å². The molecule has 0 spiro atoms. The Morgan fingerprint density at radius 1 is 0.925 bits per heavy atom. The van der Waals surface area contributed by atoms with Crippen LogP contribution in [0.4, 0.5) is 11.5 Å². The van der Waals surface area contributed by atoms with Gasteiger partial charge in [0.25, 0.3) is 0 Å². The number of methoxy groups -OCH3 is 3. The van der Waals surface area contributed by atoms with Gasteiger partial charge in [0.1, 0.15) is 29.1 Å². The van der Waals surface area contributed by atoms with Crippen molar-refractivity contribution in [3.05, 3.63) is 59.9 Å². The zero-order valence-electron chi connectivity index (χ0n) is 23.9. The summed E-state index contributed by atoms with van der Waals surface area (Å²) in [6.07, 6.45) is -0.358. The van der Waals surface area contributed by atoms with Crippen LogP contribution in [0.15, 0.2) is 53.1 Å². The van der Waals surface area contributed by atoms with Gasteiger partial charge in [-0.2, -0.15) is 0 Å². The van der Waals surface area contributed by atoms with Crippen molar-refractivity contribution >= 4 is 29.2 Å². The van der Waals surface area contributed by atoms with E-state index in [-0.39, 0.29) is 18.7 Å². The summed E-state index contributed by atoms with van der Waals surface area (Å²) >= 11 is 0. The normalized spacial score (nSPS) is 11.8. The molecule has 0 saturated heterocycles. The molecule has 40 heavy (non-hydrogen) atoms. The third-order valence-electron chi connectivity index (χ3n) is 5.81. The quantitative estimate of drug-likeness (QED) is 0.357. The van der Waals surface area contributed by atoms with Gasteiger partial charge in [0.2, 0.25) is 17.7 Å². The molecule has 0 aliphatic rings. The average molecular weight is 553 g/mol. The second-order valence-corrected chi connectivity index (χ2v) is 10.1. The van der Waals surface area contributed by atoms with E-state index < -0.39 is 29.3 Å². The van der Waals surface area contributed by atoms with Crippen LogP contribution in [0.1, 0.15) is 51.0 Å². The molecule has 1 atom stereocenters. The van der Waals surface area contributed by atoms with Gasteiger partial charge in [0, 0.05) is 30.5 Å². The number of aryl methyl sites for hydroxylation is 1. The van der Waals surface area contributed by atoms with E-state index in [9.17, 15) is 14.4 Å². The molecule has 0 bridgehead atoms. The first-order valence-electron chi connectivity index (χ1n) is 12.7. The number of hydrogen-bond acceptors (Lipinski definition) is 8. The van der Waals surface area contributed by atoms with E-state index in [1.165, 1.54) is 19.1 Å². The van der Waals surface area contributed by atoms with Gasteiger partial charge in [-0.15, -0.1) is 0 Å². The number of anilines is 2. The van der Waals surface area contributed by atoms with Crippen LogP contribution in [0.2, 0.25) is 0 Å². The minimum atomic E-state index is -1.10. The Balaban J connectivity index is 2.05. The van der Waals surface area contributed by atoms with Crippen molar-refractivity contribution < 1.29 is 33.1 Å². The van der Waals surface area contributed by atoms with Gasteiger partial charge in [-0.3, -0.25) is 19.3 Å². The van der Waals surface area contributed by atoms with Crippen molar-refractivity contribution in [1.82, 2.24) is 10.5 Å². The highest BCUT2D eigenvalue weighted by atomic mass is 16.5. The molecule has 3 amide bonds. The molecule has 3 rings (SSSR count). The van der Waals surface area contributed by atoms with E-state index in [2.05, 4.69) is 15.8 Å². The van der Waals surface area contributed by atoms with Crippen LogP contribution in [0.25, 0.3) is 0 Å². The lowest BCUT2D eigenvalue weighted by Gasteiger charge is -2.34. The molecule has 0 aliphatic heterocycles. The number of amides is 3. The lowest BCUT2D eigenvalue weighted by atomic mass is 9.99. The minimum absolute atomic E-state index is 0.157. The summed E-state index contributed by atoms with van der Waals surface area (Å²) in [6.45, 7) is 7.26. The number of aromatic nitrogens is 1. The summed E-state index contributed by atoms with van der Waals surface area (Å²) in [5.74, 6) is 0.904. The van der Waals surface area contributed by atoms with E-state index in [1.54, 1.807) is 62.6 Å². The molecule has 2 N–H and O–H groups in total. The number of rotatable bonds is 11. The molecule has 0 saturated carbocycles. The Bertz CT molecular complexity index is 1330. The molecule has 2 aromatic carbocycles. The first-order chi connectivity index (χ1) is 18.9. The number of carbonyl (C=O) groups is 3. The van der Waals surface area contributed by atoms with E-state index in [0.29, 0.717) is 34.3 Å². The molecule has 0 unspecified atom stereocenters. The van der Waals surface area contributed by atoms with Crippen molar-refractivity contribution in [2.45, 2.75) is 52.1 Å². The highest BCUT2D eigenvalue weighted by molar-refractivity contribution is 6.04. The van der Waals surface area contributed by atoms with Crippen LogP contribution in [-0.4, -0.2) is 49.7 Å². The summed E-state index contributed by atoms with van der Waals surface area (Å²) in [5, 5.41) is 9.35. The number of ether oxygens (including phenoxy) is 3. The topological polar surface area (TPSA) is 132 Å². The summed E-state index contributed by atoms with van der Waals surface area (Å²) in [4.78, 5) is 41.8. The SMILES string of the molecule is COc1ccc([C@H](C(=O)NC(C)(C)C)N(C(=O)CCC(=O)Nc2cc(C)on2)c2ccc(OC)cc2OC)cc1. The minimum Gasteiger partial charge on any atom is -0.497 e. The molecule has 11 nitrogen and oxygen atoms in total. The van der Waals surface area contributed by atoms with Gasteiger partial charge in [-0.25, -0.2) is 0 Å². The Morgan fingerprint density at radius 2 is 1.57 bits per heavy atom. The van der Waals surface area contributed by atoms with Gasteiger partial charge in [-0.1, -0.05) is 17.3 Å². The first-order valence-corrected chi connectivity index (χ1v) is 12.7. The maximum Gasteiger partial charge on any atom is 0.248 e. The van der Waals surface area contributed by atoms with Gasteiger partial charge >= 0.3 is 0 Å². The monoisotopic (exact) mass is 552 g/mol. The van der Waals surface area contributed by atoms with Crippen LogP contribution in [0.3, 0.4) is 0 Å². The van der Waals surface area contributed by atoms with E-state index in [0.717, 1.165) is 0 Å². The fourth-order valence-electron chi connectivity index (χ4n) is 4.01. The third-order valence-corrected chi connectivity index (χ3v) is 5.81. The Hall–Kier alpha value is -4.54. The molecule has 0 aliphatic carbocycles. The van der Waals surface area contributed by atoms with Crippen molar-refractivity contribution in [3.63, 3.8) is 0 Å². The average Bonchev–Trinajstić information content (AvgIpc) is 3.33. The van der Waals surface area contributed by atoms with Crippen LogP contribution in [0.5, 0.6) is 17.2 Å². The van der Waals surface area contributed by atoms with Gasteiger partial charge in [0.15, 0.2) is 5.82 Å². The number of carbonyl (C=O) groups excluding carboxylic acids is 3. The predicted octanol–water partition coefficient (Wildman–Crippen LogP) is 4.42. The molecular formula is C29H36N4O7. The summed E-state index contributed by atoms with van der Waals surface area (Å²) in [5.41, 5.74) is 0.290. The largest absolute Gasteiger partial charge is 0.497 e. The molecule has 1 aromatic heterocycles. The summed E-state index contributed by atoms with van der Waals surface area (Å²) in [7, 11) is 4.53. The molecule has 214 valence electrons. The summed E-state index contributed by atoms with van der Waals surface area (Å²) in [6, 6.07) is 12.3. The number of hydrogen-bond donors (Lipinski definition) is 2. The molecule has 0 fully saturated rings. The van der Waals surface area contributed by atoms with Gasteiger partial charge < -0.3 is 29.4 Å². The zero-order valence-corrected chi connectivity index (χ0v) is 23.9.